The Morgan fingerprint density at radius 2 is 2.00 bits per heavy atom. The number of nitrogens with one attached hydrogen (secondary N) is 1. The van der Waals surface area contributed by atoms with Gasteiger partial charge < -0.3 is 4.74 Å². The van der Waals surface area contributed by atoms with Crippen LogP contribution < -0.4 is 4.72 Å². The number of ether oxygens (including phenoxy) is 1. The van der Waals surface area contributed by atoms with Gasteiger partial charge in [-0.05, 0) is 35.7 Å². The van der Waals surface area contributed by atoms with Crippen LogP contribution in [0.15, 0.2) is 47.4 Å². The highest BCUT2D eigenvalue weighted by Gasteiger charge is 2.31. The van der Waals surface area contributed by atoms with Gasteiger partial charge in [-0.1, -0.05) is 32.0 Å². The monoisotopic (exact) mass is 430 g/mol. The van der Waals surface area contributed by atoms with Gasteiger partial charge in [-0.3, -0.25) is 4.79 Å². The van der Waals surface area contributed by atoms with Crippen molar-refractivity contribution in [2.75, 3.05) is 0 Å². The maximum atomic E-state index is 12.9. The molecule has 3 aromatic rings. The fourth-order valence-corrected chi connectivity index (χ4v) is 4.76. The van der Waals surface area contributed by atoms with Crippen molar-refractivity contribution in [1.29, 1.82) is 5.26 Å². The van der Waals surface area contributed by atoms with Crippen LogP contribution in [0.25, 0.3) is 11.0 Å². The Kier molecular flexibility index (Phi) is 6.22. The van der Waals surface area contributed by atoms with Gasteiger partial charge in [0.1, 0.15) is 28.6 Å². The van der Waals surface area contributed by atoms with Crippen LogP contribution in [0.5, 0.6) is 0 Å². The van der Waals surface area contributed by atoms with Gasteiger partial charge in [0.05, 0.1) is 23.4 Å². The summed E-state index contributed by atoms with van der Waals surface area (Å²) in [6, 6.07) is 12.3. The van der Waals surface area contributed by atoms with E-state index in [4.69, 9.17) is 10.00 Å². The fraction of sp³-hybridized carbons (Fsp3) is 0.263. The summed E-state index contributed by atoms with van der Waals surface area (Å²) in [5, 5.41) is 8.95. The van der Waals surface area contributed by atoms with Crippen molar-refractivity contribution in [3.05, 3.63) is 53.6 Å². The number of sulfonamides is 1. The standard InChI is InChI=1S/C19H18N4O4S2/c1-12(2)17(19(24)27-11-14-6-3-5-13(9-14)10-20)23-29(25,26)16-8-4-7-15-18(16)22-28-21-15/h3-9,12,17,23H,11H2,1-2H3/t17-/m1/s1. The van der Waals surface area contributed by atoms with Crippen molar-refractivity contribution in [2.24, 2.45) is 5.92 Å². The lowest BCUT2D eigenvalue weighted by Crippen LogP contribution is -2.45. The average molecular weight is 431 g/mol. The topological polar surface area (TPSA) is 122 Å². The molecular weight excluding hydrogens is 412 g/mol. The Morgan fingerprint density at radius 1 is 1.24 bits per heavy atom. The Labute approximate surface area is 172 Å². The minimum Gasteiger partial charge on any atom is -0.460 e. The van der Waals surface area contributed by atoms with E-state index in [9.17, 15) is 13.2 Å². The third kappa shape index (κ3) is 4.76. The van der Waals surface area contributed by atoms with E-state index in [1.807, 2.05) is 6.07 Å². The molecule has 3 rings (SSSR count). The van der Waals surface area contributed by atoms with Crippen LogP contribution >= 0.6 is 11.7 Å². The number of benzene rings is 2. The lowest BCUT2D eigenvalue weighted by Gasteiger charge is -2.21. The minimum atomic E-state index is -4.03. The summed E-state index contributed by atoms with van der Waals surface area (Å²) in [6.07, 6.45) is 0. The van der Waals surface area contributed by atoms with E-state index in [1.165, 1.54) is 6.07 Å². The Morgan fingerprint density at radius 3 is 2.72 bits per heavy atom. The maximum absolute atomic E-state index is 12.9. The second kappa shape index (κ2) is 8.65. The predicted octanol–water partition coefficient (Wildman–Crippen LogP) is 2.61. The Hall–Kier alpha value is -2.87. The van der Waals surface area contributed by atoms with Gasteiger partial charge in [0, 0.05) is 0 Å². The number of hydrogen-bond donors (Lipinski definition) is 1. The summed E-state index contributed by atoms with van der Waals surface area (Å²) in [5.74, 6) is -1.05. The van der Waals surface area contributed by atoms with Gasteiger partial charge in [0.2, 0.25) is 10.0 Å². The van der Waals surface area contributed by atoms with Crippen molar-refractivity contribution in [1.82, 2.24) is 13.5 Å². The van der Waals surface area contributed by atoms with E-state index in [1.54, 1.807) is 50.2 Å². The number of aromatic nitrogens is 2. The highest BCUT2D eigenvalue weighted by atomic mass is 32.2. The first-order valence-electron chi connectivity index (χ1n) is 8.71. The lowest BCUT2D eigenvalue weighted by molar-refractivity contribution is -0.148. The first kappa shape index (κ1) is 20.9. The molecule has 10 heteroatoms. The van der Waals surface area contributed by atoms with Crippen LogP contribution in [0.3, 0.4) is 0 Å². The molecule has 0 saturated carbocycles. The first-order valence-corrected chi connectivity index (χ1v) is 10.9. The first-order chi connectivity index (χ1) is 13.8. The minimum absolute atomic E-state index is 0.0380. The molecule has 8 nitrogen and oxygen atoms in total. The molecule has 0 bridgehead atoms. The summed E-state index contributed by atoms with van der Waals surface area (Å²) in [6.45, 7) is 3.37. The van der Waals surface area contributed by atoms with Crippen LogP contribution in [0.2, 0.25) is 0 Å². The zero-order valence-electron chi connectivity index (χ0n) is 15.7. The summed E-state index contributed by atoms with van der Waals surface area (Å²) in [5.41, 5.74) is 1.82. The van der Waals surface area contributed by atoms with Crippen LogP contribution in [0.1, 0.15) is 25.0 Å². The van der Waals surface area contributed by atoms with Gasteiger partial charge in [0.25, 0.3) is 0 Å². The molecule has 29 heavy (non-hydrogen) atoms. The molecule has 1 atom stereocenters. The van der Waals surface area contributed by atoms with E-state index >= 15 is 0 Å². The summed E-state index contributed by atoms with van der Waals surface area (Å²) < 4.78 is 41.6. The third-order valence-corrected chi connectivity index (χ3v) is 6.19. The van der Waals surface area contributed by atoms with Gasteiger partial charge in [0.15, 0.2) is 0 Å². The van der Waals surface area contributed by atoms with E-state index in [2.05, 4.69) is 13.5 Å². The van der Waals surface area contributed by atoms with Crippen LogP contribution in [-0.2, 0) is 26.2 Å². The molecule has 0 spiro atoms. The molecule has 0 amide bonds. The van der Waals surface area contributed by atoms with Crippen LogP contribution in [-0.4, -0.2) is 29.2 Å². The highest BCUT2D eigenvalue weighted by molar-refractivity contribution is 7.89. The zero-order valence-corrected chi connectivity index (χ0v) is 17.3. The number of carbonyl (C=O) groups excluding carboxylic acids is 1. The van der Waals surface area contributed by atoms with Crippen LogP contribution in [0, 0.1) is 17.2 Å². The fourth-order valence-electron chi connectivity index (χ4n) is 2.66. The van der Waals surface area contributed by atoms with E-state index < -0.39 is 22.0 Å². The molecular formula is C19H18N4O4S2. The molecule has 0 aliphatic carbocycles. The number of rotatable bonds is 7. The number of nitrogens with zero attached hydrogens (tertiary/aromatic N) is 3. The molecule has 2 aromatic carbocycles. The summed E-state index contributed by atoms with van der Waals surface area (Å²) in [4.78, 5) is 12.6. The Balaban J connectivity index is 1.78. The molecule has 0 aliphatic rings. The van der Waals surface area contributed by atoms with Crippen molar-refractivity contribution in [3.63, 3.8) is 0 Å². The second-order valence-corrected chi connectivity index (χ2v) is 8.86. The van der Waals surface area contributed by atoms with E-state index in [0.717, 1.165) is 11.7 Å². The number of hydrogen-bond acceptors (Lipinski definition) is 8. The van der Waals surface area contributed by atoms with Gasteiger partial charge in [-0.25, -0.2) is 8.42 Å². The molecule has 1 heterocycles. The van der Waals surface area contributed by atoms with Gasteiger partial charge in [-0.15, -0.1) is 0 Å². The Bertz CT molecular complexity index is 1180. The lowest BCUT2D eigenvalue weighted by atomic mass is 10.1. The predicted molar refractivity (Wildman–Crippen MR) is 107 cm³/mol. The quantitative estimate of drug-likeness (QED) is 0.572. The molecule has 0 radical (unpaired) electrons. The van der Waals surface area contributed by atoms with Crippen molar-refractivity contribution in [2.45, 2.75) is 31.4 Å². The van der Waals surface area contributed by atoms with Crippen molar-refractivity contribution >= 4 is 38.8 Å². The summed E-state index contributed by atoms with van der Waals surface area (Å²) >= 11 is 0.917. The molecule has 0 fully saturated rings. The van der Waals surface area contributed by atoms with Crippen molar-refractivity contribution in [3.8, 4) is 6.07 Å². The normalized spacial score (nSPS) is 12.6. The third-order valence-electron chi connectivity index (χ3n) is 4.18. The zero-order chi connectivity index (χ0) is 21.0. The van der Waals surface area contributed by atoms with Gasteiger partial charge >= 0.3 is 5.97 Å². The SMILES string of the molecule is CC(C)[C@@H](NS(=O)(=O)c1cccc2nsnc12)C(=O)OCc1cccc(C#N)c1. The molecule has 1 aromatic heterocycles. The van der Waals surface area contributed by atoms with Crippen molar-refractivity contribution < 1.29 is 17.9 Å². The number of carbonyl (C=O) groups is 1. The molecule has 150 valence electrons. The second-order valence-electron chi connectivity index (χ2n) is 6.65. The molecule has 0 unspecified atom stereocenters. The molecule has 0 saturated heterocycles. The molecule has 0 aliphatic heterocycles. The van der Waals surface area contributed by atoms with Crippen LogP contribution in [0.4, 0.5) is 0 Å². The maximum Gasteiger partial charge on any atom is 0.324 e. The van der Waals surface area contributed by atoms with E-state index in [-0.39, 0.29) is 22.9 Å². The number of esters is 1. The highest BCUT2D eigenvalue weighted by Crippen LogP contribution is 2.22. The average Bonchev–Trinajstić information content (AvgIpc) is 3.19. The summed E-state index contributed by atoms with van der Waals surface area (Å²) in [7, 11) is -4.03. The van der Waals surface area contributed by atoms with E-state index in [0.29, 0.717) is 16.6 Å². The molecule has 1 N–H and O–H groups in total. The largest absolute Gasteiger partial charge is 0.460 e. The number of fused-ring (bicyclic) bond motifs is 1. The van der Waals surface area contributed by atoms with Gasteiger partial charge in [-0.2, -0.15) is 18.7 Å². The number of nitriles is 1. The smallest absolute Gasteiger partial charge is 0.324 e.